The molecule has 22 heavy (non-hydrogen) atoms. The van der Waals surface area contributed by atoms with E-state index in [9.17, 15) is 13.5 Å². The minimum atomic E-state index is -3.72. The minimum Gasteiger partial charge on any atom is -0.507 e. The van der Waals surface area contributed by atoms with Crippen molar-refractivity contribution in [3.8, 4) is 11.5 Å². The number of benzene rings is 2. The first-order valence-electron chi connectivity index (χ1n) is 6.33. The van der Waals surface area contributed by atoms with Gasteiger partial charge in [0.25, 0.3) is 10.0 Å². The first-order valence-corrected chi connectivity index (χ1v) is 7.81. The number of ether oxygens (including phenoxy) is 1. The Kier molecular flexibility index (Phi) is 4.69. The molecule has 6 nitrogen and oxygen atoms in total. The highest BCUT2D eigenvalue weighted by molar-refractivity contribution is 7.89. The molecule has 0 heterocycles. The van der Waals surface area contributed by atoms with Gasteiger partial charge in [-0.2, -0.15) is 0 Å². The topological polar surface area (TPSA) is 87.7 Å². The Morgan fingerprint density at radius 1 is 1.18 bits per heavy atom. The maximum absolute atomic E-state index is 12.1. The lowest BCUT2D eigenvalue weighted by Crippen LogP contribution is -2.35. The molecule has 3 N–H and O–H groups in total. The van der Waals surface area contributed by atoms with Crippen LogP contribution in [-0.2, 0) is 10.0 Å². The maximum atomic E-state index is 12.1. The van der Waals surface area contributed by atoms with Gasteiger partial charge in [-0.05, 0) is 24.3 Å². The SMILES string of the molecule is C=C(NNS(=O)(=O)c1ccccc1)c1ccc(OC)cc1O. The summed E-state index contributed by atoms with van der Waals surface area (Å²) in [6.45, 7) is 3.70. The van der Waals surface area contributed by atoms with Crippen molar-refractivity contribution < 1.29 is 18.3 Å². The van der Waals surface area contributed by atoms with Crippen LogP contribution in [0.15, 0.2) is 60.0 Å². The second-order valence-corrected chi connectivity index (χ2v) is 6.09. The fraction of sp³-hybridized carbons (Fsp3) is 0.0667. The molecule has 0 aromatic heterocycles. The third kappa shape index (κ3) is 3.57. The molecular formula is C15H16N2O4S. The molecule has 116 valence electrons. The van der Waals surface area contributed by atoms with E-state index < -0.39 is 10.0 Å². The van der Waals surface area contributed by atoms with Crippen LogP contribution >= 0.6 is 0 Å². The van der Waals surface area contributed by atoms with Gasteiger partial charge in [0.15, 0.2) is 0 Å². The van der Waals surface area contributed by atoms with Crippen LogP contribution < -0.4 is 15.0 Å². The predicted molar refractivity (Wildman–Crippen MR) is 83.6 cm³/mol. The van der Waals surface area contributed by atoms with Crippen LogP contribution in [0.3, 0.4) is 0 Å². The van der Waals surface area contributed by atoms with Gasteiger partial charge in [-0.1, -0.05) is 24.8 Å². The van der Waals surface area contributed by atoms with Crippen LogP contribution in [0.2, 0.25) is 0 Å². The van der Waals surface area contributed by atoms with Gasteiger partial charge in [-0.15, -0.1) is 4.83 Å². The molecule has 2 rings (SSSR count). The van der Waals surface area contributed by atoms with Crippen molar-refractivity contribution in [1.29, 1.82) is 0 Å². The van der Waals surface area contributed by atoms with Gasteiger partial charge in [0.1, 0.15) is 11.5 Å². The van der Waals surface area contributed by atoms with Crippen molar-refractivity contribution in [2.75, 3.05) is 7.11 Å². The fourth-order valence-electron chi connectivity index (χ4n) is 1.75. The number of aromatic hydroxyl groups is 1. The van der Waals surface area contributed by atoms with E-state index in [1.54, 1.807) is 30.3 Å². The lowest BCUT2D eigenvalue weighted by Gasteiger charge is -2.13. The summed E-state index contributed by atoms with van der Waals surface area (Å²) in [5, 5.41) is 9.88. The Hall–Kier alpha value is -2.51. The quantitative estimate of drug-likeness (QED) is 0.707. The number of phenols is 1. The third-order valence-corrected chi connectivity index (χ3v) is 4.18. The van der Waals surface area contributed by atoms with Crippen LogP contribution in [0.25, 0.3) is 5.70 Å². The Morgan fingerprint density at radius 3 is 2.45 bits per heavy atom. The summed E-state index contributed by atoms with van der Waals surface area (Å²) in [5.41, 5.74) is 3.05. The van der Waals surface area contributed by atoms with E-state index in [2.05, 4.69) is 16.8 Å². The van der Waals surface area contributed by atoms with Gasteiger partial charge in [0.05, 0.1) is 17.7 Å². The molecule has 0 aliphatic carbocycles. The van der Waals surface area contributed by atoms with Gasteiger partial charge < -0.3 is 15.3 Å². The fourth-order valence-corrected chi connectivity index (χ4v) is 2.64. The summed E-state index contributed by atoms with van der Waals surface area (Å²) in [6.07, 6.45) is 0. The second-order valence-electron chi connectivity index (χ2n) is 4.41. The van der Waals surface area contributed by atoms with Crippen LogP contribution in [0, 0.1) is 0 Å². The van der Waals surface area contributed by atoms with Gasteiger partial charge in [0.2, 0.25) is 0 Å². The van der Waals surface area contributed by atoms with E-state index in [0.717, 1.165) is 0 Å². The van der Waals surface area contributed by atoms with Gasteiger partial charge in [0, 0.05) is 11.6 Å². The number of sulfonamides is 1. The lowest BCUT2D eigenvalue weighted by molar-refractivity contribution is 0.407. The molecule has 0 aliphatic rings. The van der Waals surface area contributed by atoms with Crippen molar-refractivity contribution in [1.82, 2.24) is 10.3 Å². The first-order chi connectivity index (χ1) is 10.4. The normalized spacial score (nSPS) is 11.0. The maximum Gasteiger partial charge on any atom is 0.257 e. The molecule has 0 radical (unpaired) electrons. The largest absolute Gasteiger partial charge is 0.507 e. The molecule has 0 aliphatic heterocycles. The highest BCUT2D eigenvalue weighted by Gasteiger charge is 2.14. The average molecular weight is 320 g/mol. The summed E-state index contributed by atoms with van der Waals surface area (Å²) >= 11 is 0. The molecule has 0 saturated heterocycles. The standard InChI is InChI=1S/C15H16N2O4S/c1-11(14-9-8-12(21-2)10-15(14)18)16-17-22(19,20)13-6-4-3-5-7-13/h3-10,16-18H,1H2,2H3. The van der Waals surface area contributed by atoms with E-state index in [1.165, 1.54) is 25.3 Å². The Bertz CT molecular complexity index is 773. The number of hydrazine groups is 1. The molecule has 0 fully saturated rings. The molecule has 7 heteroatoms. The van der Waals surface area contributed by atoms with Crippen molar-refractivity contribution in [2.24, 2.45) is 0 Å². The summed E-state index contributed by atoms with van der Waals surface area (Å²) < 4.78 is 29.1. The van der Waals surface area contributed by atoms with Crippen molar-refractivity contribution >= 4 is 15.7 Å². The highest BCUT2D eigenvalue weighted by atomic mass is 32.2. The number of nitrogens with one attached hydrogen (secondary N) is 2. The van der Waals surface area contributed by atoms with Crippen LogP contribution in [-0.4, -0.2) is 20.6 Å². The molecule has 0 amide bonds. The number of phenolic OH excluding ortho intramolecular Hbond substituents is 1. The number of hydrogen-bond acceptors (Lipinski definition) is 5. The summed E-state index contributed by atoms with van der Waals surface area (Å²) in [5.74, 6) is 0.412. The first kappa shape index (κ1) is 15.9. The zero-order valence-electron chi connectivity index (χ0n) is 11.9. The van der Waals surface area contributed by atoms with Gasteiger partial charge in [-0.3, -0.25) is 0 Å². The van der Waals surface area contributed by atoms with E-state index in [0.29, 0.717) is 11.3 Å². The van der Waals surface area contributed by atoms with E-state index in [4.69, 9.17) is 4.74 Å². The van der Waals surface area contributed by atoms with Gasteiger partial charge in [-0.25, -0.2) is 8.42 Å². The van der Waals surface area contributed by atoms with E-state index in [-0.39, 0.29) is 16.3 Å². The molecule has 2 aromatic carbocycles. The second kappa shape index (κ2) is 6.50. The van der Waals surface area contributed by atoms with E-state index in [1.807, 2.05) is 0 Å². The van der Waals surface area contributed by atoms with E-state index >= 15 is 0 Å². The molecule has 0 atom stereocenters. The van der Waals surface area contributed by atoms with Gasteiger partial charge >= 0.3 is 0 Å². The number of rotatable bonds is 6. The lowest BCUT2D eigenvalue weighted by atomic mass is 10.1. The predicted octanol–water partition coefficient (Wildman–Crippen LogP) is 1.85. The monoisotopic (exact) mass is 320 g/mol. The Morgan fingerprint density at radius 2 is 1.86 bits per heavy atom. The van der Waals surface area contributed by atoms with Crippen molar-refractivity contribution in [3.05, 3.63) is 60.7 Å². The molecule has 0 spiro atoms. The molecule has 2 aromatic rings. The van der Waals surface area contributed by atoms with Crippen molar-refractivity contribution in [3.63, 3.8) is 0 Å². The Balaban J connectivity index is 2.10. The highest BCUT2D eigenvalue weighted by Crippen LogP contribution is 2.27. The zero-order chi connectivity index (χ0) is 16.2. The Labute approximate surface area is 129 Å². The average Bonchev–Trinajstić information content (AvgIpc) is 2.53. The summed E-state index contributed by atoms with van der Waals surface area (Å²) in [7, 11) is -2.24. The summed E-state index contributed by atoms with van der Waals surface area (Å²) in [4.78, 5) is 2.33. The molecule has 0 saturated carbocycles. The molecular weight excluding hydrogens is 304 g/mol. The number of hydrogen-bond donors (Lipinski definition) is 3. The zero-order valence-corrected chi connectivity index (χ0v) is 12.7. The van der Waals surface area contributed by atoms with Crippen LogP contribution in [0.5, 0.6) is 11.5 Å². The number of methoxy groups -OCH3 is 1. The summed E-state index contributed by atoms with van der Waals surface area (Å²) in [6, 6.07) is 12.5. The van der Waals surface area contributed by atoms with Crippen LogP contribution in [0.1, 0.15) is 5.56 Å². The minimum absolute atomic E-state index is 0.0734. The van der Waals surface area contributed by atoms with Crippen molar-refractivity contribution in [2.45, 2.75) is 4.90 Å². The molecule has 0 bridgehead atoms. The third-order valence-electron chi connectivity index (χ3n) is 2.92. The molecule has 0 unspecified atom stereocenters. The van der Waals surface area contributed by atoms with Crippen LogP contribution in [0.4, 0.5) is 0 Å². The smallest absolute Gasteiger partial charge is 0.257 e.